The molecule has 0 unspecified atom stereocenters. The van der Waals surface area contributed by atoms with Gasteiger partial charge in [0.2, 0.25) is 5.91 Å². The highest BCUT2D eigenvalue weighted by molar-refractivity contribution is 5.83. The van der Waals surface area contributed by atoms with Crippen molar-refractivity contribution in [3.8, 4) is 11.3 Å². The number of hydrogen-bond acceptors (Lipinski definition) is 4. The minimum atomic E-state index is -0.496. The standard InChI is InChI=1S/C22H30N2O3/c1-15(2)17(4)23-21(25)22(9-11-26-12-10-22)14-18-13-20(24-27-18)19-8-6-5-7-16(19)3/h5-8,13,15,17H,9-12,14H2,1-4H3,(H,23,25)/t17-/m1/s1. The van der Waals surface area contributed by atoms with Crippen LogP contribution >= 0.6 is 0 Å². The normalized spacial score (nSPS) is 17.7. The lowest BCUT2D eigenvalue weighted by atomic mass is 9.75. The molecule has 1 aromatic carbocycles. The molecule has 1 saturated heterocycles. The largest absolute Gasteiger partial charge is 0.381 e. The van der Waals surface area contributed by atoms with E-state index in [0.29, 0.717) is 38.4 Å². The summed E-state index contributed by atoms with van der Waals surface area (Å²) in [6, 6.07) is 10.2. The van der Waals surface area contributed by atoms with Crippen LogP contribution in [0.5, 0.6) is 0 Å². The van der Waals surface area contributed by atoms with Gasteiger partial charge in [-0.2, -0.15) is 0 Å². The topological polar surface area (TPSA) is 64.4 Å². The zero-order valence-electron chi connectivity index (χ0n) is 16.7. The van der Waals surface area contributed by atoms with E-state index in [9.17, 15) is 4.79 Å². The van der Waals surface area contributed by atoms with E-state index < -0.39 is 5.41 Å². The number of carbonyl (C=O) groups is 1. The number of ether oxygens (including phenoxy) is 1. The van der Waals surface area contributed by atoms with Crippen LogP contribution in [0.3, 0.4) is 0 Å². The smallest absolute Gasteiger partial charge is 0.227 e. The van der Waals surface area contributed by atoms with Crippen LogP contribution in [0, 0.1) is 18.3 Å². The van der Waals surface area contributed by atoms with Crippen molar-refractivity contribution in [3.63, 3.8) is 0 Å². The first-order valence-electron chi connectivity index (χ1n) is 9.81. The Labute approximate surface area is 161 Å². The Kier molecular flexibility index (Phi) is 6.00. The number of aromatic nitrogens is 1. The minimum Gasteiger partial charge on any atom is -0.381 e. The molecule has 5 heteroatoms. The number of nitrogens with one attached hydrogen (secondary N) is 1. The molecule has 27 heavy (non-hydrogen) atoms. The summed E-state index contributed by atoms with van der Waals surface area (Å²) < 4.78 is 11.2. The first-order valence-corrected chi connectivity index (χ1v) is 9.81. The number of amides is 1. The molecule has 1 aliphatic heterocycles. The summed E-state index contributed by atoms with van der Waals surface area (Å²) >= 11 is 0. The van der Waals surface area contributed by atoms with Gasteiger partial charge in [0.25, 0.3) is 0 Å². The third-order valence-electron chi connectivity index (χ3n) is 5.78. The van der Waals surface area contributed by atoms with Gasteiger partial charge >= 0.3 is 0 Å². The second-order valence-corrected chi connectivity index (χ2v) is 8.07. The number of rotatable bonds is 6. The molecule has 0 aliphatic carbocycles. The highest BCUT2D eigenvalue weighted by atomic mass is 16.5. The molecule has 5 nitrogen and oxygen atoms in total. The van der Waals surface area contributed by atoms with E-state index in [1.807, 2.05) is 24.3 Å². The van der Waals surface area contributed by atoms with Gasteiger partial charge in [-0.15, -0.1) is 0 Å². The van der Waals surface area contributed by atoms with Crippen molar-refractivity contribution in [3.05, 3.63) is 41.7 Å². The minimum absolute atomic E-state index is 0.0980. The lowest BCUT2D eigenvalue weighted by molar-refractivity contribution is -0.138. The molecule has 1 fully saturated rings. The molecule has 3 rings (SSSR count). The van der Waals surface area contributed by atoms with Gasteiger partial charge in [0.15, 0.2) is 0 Å². The number of carbonyl (C=O) groups excluding carboxylic acids is 1. The summed E-state index contributed by atoms with van der Waals surface area (Å²) in [5.74, 6) is 1.24. The van der Waals surface area contributed by atoms with Gasteiger partial charge in [-0.1, -0.05) is 43.3 Å². The average Bonchev–Trinajstić information content (AvgIpc) is 3.10. The Morgan fingerprint density at radius 3 is 2.59 bits per heavy atom. The fraction of sp³-hybridized carbons (Fsp3) is 0.545. The van der Waals surface area contributed by atoms with Crippen LogP contribution in [0.25, 0.3) is 11.3 Å². The van der Waals surface area contributed by atoms with Gasteiger partial charge in [0, 0.05) is 37.3 Å². The number of nitrogens with zero attached hydrogens (tertiary/aromatic N) is 1. The fourth-order valence-electron chi connectivity index (χ4n) is 3.49. The van der Waals surface area contributed by atoms with Crippen LogP contribution in [-0.2, 0) is 16.0 Å². The third kappa shape index (κ3) is 4.41. The molecule has 0 spiro atoms. The third-order valence-corrected chi connectivity index (χ3v) is 5.78. The van der Waals surface area contributed by atoms with E-state index in [0.717, 1.165) is 22.6 Å². The molecular weight excluding hydrogens is 340 g/mol. The van der Waals surface area contributed by atoms with Crippen molar-refractivity contribution in [1.82, 2.24) is 10.5 Å². The van der Waals surface area contributed by atoms with Crippen LogP contribution in [-0.4, -0.2) is 30.3 Å². The Bertz CT molecular complexity index is 775. The van der Waals surface area contributed by atoms with Crippen LogP contribution < -0.4 is 5.32 Å². The van der Waals surface area contributed by atoms with Gasteiger partial charge < -0.3 is 14.6 Å². The summed E-state index contributed by atoms with van der Waals surface area (Å²) in [5, 5.41) is 7.46. The van der Waals surface area contributed by atoms with Crippen LogP contribution in [0.4, 0.5) is 0 Å². The van der Waals surface area contributed by atoms with Crippen LogP contribution in [0.15, 0.2) is 34.9 Å². The zero-order valence-corrected chi connectivity index (χ0v) is 16.7. The van der Waals surface area contributed by atoms with E-state index in [4.69, 9.17) is 9.26 Å². The van der Waals surface area contributed by atoms with Crippen molar-refractivity contribution in [2.24, 2.45) is 11.3 Å². The van der Waals surface area contributed by atoms with E-state index in [1.54, 1.807) is 0 Å². The summed E-state index contributed by atoms with van der Waals surface area (Å²) in [5.41, 5.74) is 2.54. The van der Waals surface area contributed by atoms with Gasteiger partial charge in [-0.25, -0.2) is 0 Å². The molecule has 2 heterocycles. The summed E-state index contributed by atoms with van der Waals surface area (Å²) in [6.45, 7) is 9.55. The van der Waals surface area contributed by atoms with Crippen molar-refractivity contribution < 1.29 is 14.1 Å². The molecule has 0 radical (unpaired) electrons. The number of hydrogen-bond donors (Lipinski definition) is 1. The summed E-state index contributed by atoms with van der Waals surface area (Å²) in [6.07, 6.45) is 1.94. The Morgan fingerprint density at radius 2 is 1.93 bits per heavy atom. The van der Waals surface area contributed by atoms with Crippen molar-refractivity contribution in [2.75, 3.05) is 13.2 Å². The van der Waals surface area contributed by atoms with Crippen LogP contribution in [0.1, 0.15) is 44.9 Å². The molecule has 1 atom stereocenters. The predicted octanol–water partition coefficient (Wildman–Crippen LogP) is 4.15. The van der Waals surface area contributed by atoms with Gasteiger partial charge in [-0.05, 0) is 38.2 Å². The second-order valence-electron chi connectivity index (χ2n) is 8.07. The van der Waals surface area contributed by atoms with Crippen LogP contribution in [0.2, 0.25) is 0 Å². The lowest BCUT2D eigenvalue weighted by Crippen LogP contribution is -2.49. The molecule has 146 valence electrons. The van der Waals surface area contributed by atoms with E-state index in [1.165, 1.54) is 0 Å². The molecule has 0 bridgehead atoms. The van der Waals surface area contributed by atoms with E-state index in [2.05, 4.69) is 44.2 Å². The molecular formula is C22H30N2O3. The molecule has 1 aliphatic rings. The molecule has 1 N–H and O–H groups in total. The van der Waals surface area contributed by atoms with E-state index in [-0.39, 0.29) is 11.9 Å². The van der Waals surface area contributed by atoms with Crippen molar-refractivity contribution >= 4 is 5.91 Å². The molecule has 1 amide bonds. The van der Waals surface area contributed by atoms with Crippen molar-refractivity contribution in [1.29, 1.82) is 0 Å². The zero-order chi connectivity index (χ0) is 19.4. The Hall–Kier alpha value is -2.14. The Morgan fingerprint density at radius 1 is 1.22 bits per heavy atom. The van der Waals surface area contributed by atoms with E-state index >= 15 is 0 Å². The second kappa shape index (κ2) is 8.26. The fourth-order valence-corrected chi connectivity index (χ4v) is 3.49. The first-order chi connectivity index (χ1) is 12.9. The van der Waals surface area contributed by atoms with Gasteiger partial charge in [0.1, 0.15) is 11.5 Å². The average molecular weight is 370 g/mol. The first kappa shape index (κ1) is 19.6. The maximum absolute atomic E-state index is 13.1. The maximum Gasteiger partial charge on any atom is 0.227 e. The highest BCUT2D eigenvalue weighted by Crippen LogP contribution is 2.36. The lowest BCUT2D eigenvalue weighted by Gasteiger charge is -2.36. The monoisotopic (exact) mass is 370 g/mol. The highest BCUT2D eigenvalue weighted by Gasteiger charge is 2.41. The Balaban J connectivity index is 1.81. The number of aryl methyl sites for hydroxylation is 1. The van der Waals surface area contributed by atoms with Gasteiger partial charge in [0.05, 0.1) is 5.41 Å². The predicted molar refractivity (Wildman–Crippen MR) is 105 cm³/mol. The SMILES string of the molecule is Cc1ccccc1-c1cc(CC2(C(=O)N[C@H](C)C(C)C)CCOCC2)on1. The molecule has 1 aromatic heterocycles. The maximum atomic E-state index is 13.1. The quantitative estimate of drug-likeness (QED) is 0.830. The summed E-state index contributed by atoms with van der Waals surface area (Å²) in [4.78, 5) is 13.1. The molecule has 2 aromatic rings. The number of benzene rings is 1. The molecule has 0 saturated carbocycles. The van der Waals surface area contributed by atoms with Crippen molar-refractivity contribution in [2.45, 2.75) is 53.0 Å². The van der Waals surface area contributed by atoms with Gasteiger partial charge in [-0.3, -0.25) is 4.79 Å². The summed E-state index contributed by atoms with van der Waals surface area (Å²) in [7, 11) is 0.